The summed E-state index contributed by atoms with van der Waals surface area (Å²) in [5.74, 6) is 0. The number of aliphatic hydroxyl groups excluding tert-OH is 1. The van der Waals surface area contributed by atoms with Crippen LogP contribution < -0.4 is 5.32 Å². The van der Waals surface area contributed by atoms with Gasteiger partial charge >= 0.3 is 0 Å². The second kappa shape index (κ2) is 8.55. The molecule has 0 spiro atoms. The highest BCUT2D eigenvalue weighted by atomic mass is 32.1. The molecule has 0 saturated heterocycles. The topological polar surface area (TPSA) is 67.3 Å². The molecule has 116 valence electrons. The Morgan fingerprint density at radius 2 is 2.24 bits per heavy atom. The number of nitrogens with zero attached hydrogens (tertiary/aromatic N) is 2. The lowest BCUT2D eigenvalue weighted by atomic mass is 10.3. The predicted octanol–water partition coefficient (Wildman–Crippen LogP) is 2.18. The van der Waals surface area contributed by atoms with Gasteiger partial charge in [0.05, 0.1) is 36.6 Å². The van der Waals surface area contributed by atoms with Gasteiger partial charge in [0, 0.05) is 29.4 Å². The van der Waals surface area contributed by atoms with Gasteiger partial charge in [-0.3, -0.25) is 0 Å². The molecule has 0 amide bonds. The van der Waals surface area contributed by atoms with E-state index in [1.165, 1.54) is 4.88 Å². The minimum Gasteiger partial charge on any atom is -0.389 e. The van der Waals surface area contributed by atoms with Gasteiger partial charge in [-0.15, -0.1) is 22.7 Å². The highest BCUT2D eigenvalue weighted by molar-refractivity contribution is 7.09. The summed E-state index contributed by atoms with van der Waals surface area (Å²) in [6, 6.07) is 0.152. The number of rotatable bonds is 9. The number of ether oxygens (including phenoxy) is 1. The van der Waals surface area contributed by atoms with Gasteiger partial charge in [-0.2, -0.15) is 0 Å². The summed E-state index contributed by atoms with van der Waals surface area (Å²) in [6.45, 7) is 5.50. The molecule has 2 atom stereocenters. The molecule has 2 N–H and O–H groups in total. The third kappa shape index (κ3) is 5.44. The van der Waals surface area contributed by atoms with Crippen LogP contribution >= 0.6 is 22.7 Å². The number of hydrogen-bond acceptors (Lipinski definition) is 7. The maximum atomic E-state index is 9.89. The van der Waals surface area contributed by atoms with Crippen LogP contribution in [0.15, 0.2) is 17.1 Å². The van der Waals surface area contributed by atoms with Crippen LogP contribution in [0.1, 0.15) is 28.5 Å². The minimum absolute atomic E-state index is 0.152. The van der Waals surface area contributed by atoms with Gasteiger partial charge in [-0.1, -0.05) is 0 Å². The Bertz CT molecular complexity index is 516. The van der Waals surface area contributed by atoms with E-state index in [4.69, 9.17) is 4.74 Å². The number of aromatic nitrogens is 2. The lowest BCUT2D eigenvalue weighted by Crippen LogP contribution is -2.32. The molecule has 2 heterocycles. The number of thiazole rings is 2. The van der Waals surface area contributed by atoms with Crippen LogP contribution in [-0.2, 0) is 11.2 Å². The molecule has 0 bridgehead atoms. The highest BCUT2D eigenvalue weighted by Gasteiger charge is 2.10. The molecule has 0 radical (unpaired) electrons. The van der Waals surface area contributed by atoms with Crippen molar-refractivity contribution in [1.82, 2.24) is 15.3 Å². The summed E-state index contributed by atoms with van der Waals surface area (Å²) in [7, 11) is 0. The van der Waals surface area contributed by atoms with Crippen molar-refractivity contribution in [3.63, 3.8) is 0 Å². The first kappa shape index (κ1) is 16.5. The fourth-order valence-corrected chi connectivity index (χ4v) is 3.29. The van der Waals surface area contributed by atoms with Crippen molar-refractivity contribution in [2.24, 2.45) is 0 Å². The zero-order valence-corrected chi connectivity index (χ0v) is 13.9. The standard InChI is InChI=1S/C14H21N3O2S2/c1-10-13(21-9-17-10)3-5-19-8-12(18)7-16-11(2)14-15-4-6-20-14/h4,6,9,11-12,16,18H,3,5,7-8H2,1-2H3. The Labute approximate surface area is 133 Å². The predicted molar refractivity (Wildman–Crippen MR) is 85.9 cm³/mol. The maximum Gasteiger partial charge on any atom is 0.109 e. The normalized spacial score (nSPS) is 14.2. The van der Waals surface area contributed by atoms with Crippen LogP contribution in [-0.4, -0.2) is 40.9 Å². The first-order valence-corrected chi connectivity index (χ1v) is 8.70. The average Bonchev–Trinajstić information content (AvgIpc) is 3.13. The van der Waals surface area contributed by atoms with Crippen molar-refractivity contribution >= 4 is 22.7 Å². The quantitative estimate of drug-likeness (QED) is 0.691. The van der Waals surface area contributed by atoms with Crippen LogP contribution in [0.4, 0.5) is 0 Å². The second-order valence-electron chi connectivity index (χ2n) is 4.84. The molecular weight excluding hydrogens is 306 g/mol. The van der Waals surface area contributed by atoms with Crippen molar-refractivity contribution < 1.29 is 9.84 Å². The summed E-state index contributed by atoms with van der Waals surface area (Å²) in [4.78, 5) is 9.70. The number of aliphatic hydroxyl groups is 1. The fraction of sp³-hybridized carbons (Fsp3) is 0.571. The monoisotopic (exact) mass is 327 g/mol. The molecule has 2 aromatic heterocycles. The van der Waals surface area contributed by atoms with Crippen LogP contribution in [0.3, 0.4) is 0 Å². The largest absolute Gasteiger partial charge is 0.389 e. The van der Waals surface area contributed by atoms with Crippen molar-refractivity contribution in [2.75, 3.05) is 19.8 Å². The molecule has 5 nitrogen and oxygen atoms in total. The highest BCUT2D eigenvalue weighted by Crippen LogP contribution is 2.14. The van der Waals surface area contributed by atoms with Crippen LogP contribution in [0.2, 0.25) is 0 Å². The third-order valence-electron chi connectivity index (χ3n) is 3.11. The molecule has 0 fully saturated rings. The summed E-state index contributed by atoms with van der Waals surface area (Å²) >= 11 is 3.26. The summed E-state index contributed by atoms with van der Waals surface area (Å²) in [5.41, 5.74) is 2.92. The Balaban J connectivity index is 1.57. The molecule has 0 aliphatic heterocycles. The summed E-state index contributed by atoms with van der Waals surface area (Å²) < 4.78 is 5.52. The average molecular weight is 327 g/mol. The fourth-order valence-electron chi connectivity index (χ4n) is 1.86. The van der Waals surface area contributed by atoms with Crippen molar-refractivity contribution in [3.8, 4) is 0 Å². The van der Waals surface area contributed by atoms with Crippen LogP contribution in [0, 0.1) is 6.92 Å². The number of nitrogens with one attached hydrogen (secondary N) is 1. The summed E-state index contributed by atoms with van der Waals surface area (Å²) in [5, 5.41) is 16.1. The van der Waals surface area contributed by atoms with Gasteiger partial charge in [-0.25, -0.2) is 9.97 Å². The zero-order valence-electron chi connectivity index (χ0n) is 12.3. The molecule has 0 saturated carbocycles. The van der Waals surface area contributed by atoms with Gasteiger partial charge in [0.25, 0.3) is 0 Å². The van der Waals surface area contributed by atoms with Crippen LogP contribution in [0.5, 0.6) is 0 Å². The third-order valence-corrected chi connectivity index (χ3v) is 5.06. The molecule has 2 unspecified atom stereocenters. The number of hydrogen-bond donors (Lipinski definition) is 2. The van der Waals surface area contributed by atoms with E-state index in [1.54, 1.807) is 28.9 Å². The molecule has 0 aliphatic carbocycles. The van der Waals surface area contributed by atoms with Crippen molar-refractivity contribution in [2.45, 2.75) is 32.4 Å². The van der Waals surface area contributed by atoms with E-state index in [2.05, 4.69) is 15.3 Å². The Hall–Kier alpha value is -0.860. The van der Waals surface area contributed by atoms with Gasteiger partial charge in [0.1, 0.15) is 5.01 Å². The number of aryl methyl sites for hydroxylation is 1. The van der Waals surface area contributed by atoms with E-state index in [9.17, 15) is 5.11 Å². The molecule has 2 aromatic rings. The Kier molecular flexibility index (Phi) is 6.72. The van der Waals surface area contributed by atoms with Gasteiger partial charge in [0.2, 0.25) is 0 Å². The van der Waals surface area contributed by atoms with E-state index in [1.807, 2.05) is 24.7 Å². The Morgan fingerprint density at radius 3 is 2.90 bits per heavy atom. The van der Waals surface area contributed by atoms with Crippen LogP contribution in [0.25, 0.3) is 0 Å². The molecule has 7 heteroatoms. The zero-order chi connectivity index (χ0) is 15.1. The van der Waals surface area contributed by atoms with E-state index in [0.29, 0.717) is 19.8 Å². The lowest BCUT2D eigenvalue weighted by Gasteiger charge is -2.15. The van der Waals surface area contributed by atoms with Gasteiger partial charge in [0.15, 0.2) is 0 Å². The van der Waals surface area contributed by atoms with Gasteiger partial charge in [-0.05, 0) is 13.8 Å². The first-order chi connectivity index (χ1) is 10.2. The molecule has 21 heavy (non-hydrogen) atoms. The van der Waals surface area contributed by atoms with Crippen molar-refractivity contribution in [1.29, 1.82) is 0 Å². The minimum atomic E-state index is -0.505. The van der Waals surface area contributed by atoms with E-state index >= 15 is 0 Å². The maximum absolute atomic E-state index is 9.89. The van der Waals surface area contributed by atoms with E-state index in [0.717, 1.165) is 17.1 Å². The molecular formula is C14H21N3O2S2. The van der Waals surface area contributed by atoms with Gasteiger partial charge < -0.3 is 15.2 Å². The summed E-state index contributed by atoms with van der Waals surface area (Å²) in [6.07, 6.45) is 2.14. The first-order valence-electron chi connectivity index (χ1n) is 6.94. The van der Waals surface area contributed by atoms with E-state index in [-0.39, 0.29) is 6.04 Å². The Morgan fingerprint density at radius 1 is 1.38 bits per heavy atom. The molecule has 0 aromatic carbocycles. The lowest BCUT2D eigenvalue weighted by molar-refractivity contribution is 0.0373. The molecule has 0 aliphatic rings. The van der Waals surface area contributed by atoms with E-state index < -0.39 is 6.10 Å². The SMILES string of the molecule is Cc1ncsc1CCOCC(O)CNC(C)c1nccs1. The van der Waals surface area contributed by atoms with Crippen molar-refractivity contribution in [3.05, 3.63) is 32.7 Å². The smallest absolute Gasteiger partial charge is 0.109 e. The second-order valence-corrected chi connectivity index (χ2v) is 6.71. The molecule has 2 rings (SSSR count).